The molecule has 1 aliphatic carbocycles. The molecule has 0 bridgehead atoms. The highest BCUT2D eigenvalue weighted by molar-refractivity contribution is 5.87. The molecule has 2 atom stereocenters. The third-order valence-electron chi connectivity index (χ3n) is 4.02. The molecular formula is C19H20FNO2. The minimum Gasteiger partial charge on any atom is -0.490 e. The van der Waals surface area contributed by atoms with Crippen LogP contribution in [0, 0.1) is 11.7 Å². The molecule has 0 saturated heterocycles. The van der Waals surface area contributed by atoms with Crippen molar-refractivity contribution in [3.05, 3.63) is 66.0 Å². The largest absolute Gasteiger partial charge is 0.490 e. The van der Waals surface area contributed by atoms with Crippen molar-refractivity contribution in [3.63, 3.8) is 0 Å². The van der Waals surface area contributed by atoms with E-state index in [1.54, 1.807) is 0 Å². The Morgan fingerprint density at radius 2 is 1.83 bits per heavy atom. The summed E-state index contributed by atoms with van der Waals surface area (Å²) in [5.74, 6) is 1.47. The van der Waals surface area contributed by atoms with E-state index >= 15 is 0 Å². The summed E-state index contributed by atoms with van der Waals surface area (Å²) >= 11 is 0. The first-order valence-corrected chi connectivity index (χ1v) is 7.84. The van der Waals surface area contributed by atoms with E-state index in [1.807, 2.05) is 49.4 Å². The average Bonchev–Trinajstić information content (AvgIpc) is 3.37. The molecule has 0 spiro atoms. The molecule has 1 fully saturated rings. The Hall–Kier alpha value is -2.36. The van der Waals surface area contributed by atoms with Gasteiger partial charge in [0.25, 0.3) is 0 Å². The van der Waals surface area contributed by atoms with Crippen LogP contribution in [0.2, 0.25) is 0 Å². The molecule has 0 heterocycles. The summed E-state index contributed by atoms with van der Waals surface area (Å²) in [6.45, 7) is 2.86. The Bertz CT molecular complexity index is 655. The van der Waals surface area contributed by atoms with Crippen LogP contribution in [0.4, 0.5) is 4.39 Å². The molecule has 3 rings (SSSR count). The van der Waals surface area contributed by atoms with Crippen LogP contribution in [-0.2, 0) is 4.84 Å². The number of ether oxygens (including phenoxy) is 1. The molecule has 120 valence electrons. The lowest BCUT2D eigenvalue weighted by Crippen LogP contribution is -2.06. The number of hydrogen-bond acceptors (Lipinski definition) is 3. The Morgan fingerprint density at radius 1 is 1.09 bits per heavy atom. The highest BCUT2D eigenvalue weighted by Crippen LogP contribution is 2.48. The maximum absolute atomic E-state index is 12.9. The first kappa shape index (κ1) is 15.5. The molecule has 2 unspecified atom stereocenters. The minimum atomic E-state index is -0.196. The van der Waals surface area contributed by atoms with Crippen molar-refractivity contribution in [2.45, 2.75) is 19.3 Å². The topological polar surface area (TPSA) is 30.8 Å². The average molecular weight is 313 g/mol. The molecule has 4 heteroatoms. The second kappa shape index (κ2) is 7.27. The summed E-state index contributed by atoms with van der Waals surface area (Å²) in [5.41, 5.74) is 2.15. The third kappa shape index (κ3) is 4.31. The first-order chi connectivity index (χ1) is 11.2. The van der Waals surface area contributed by atoms with E-state index in [9.17, 15) is 4.39 Å². The summed E-state index contributed by atoms with van der Waals surface area (Å²) in [7, 11) is 0. The number of nitrogens with zero attached hydrogens (tertiary/aromatic N) is 1. The van der Waals surface area contributed by atoms with Gasteiger partial charge in [-0.1, -0.05) is 35.5 Å². The van der Waals surface area contributed by atoms with Crippen LogP contribution in [0.25, 0.3) is 0 Å². The SMILES string of the molecule is C/C(=N\OCCOc1ccccc1)C1CC1c1ccc(F)cc1. The highest BCUT2D eigenvalue weighted by atomic mass is 19.1. The Kier molecular flexibility index (Phi) is 4.91. The number of benzene rings is 2. The molecule has 0 aliphatic heterocycles. The molecule has 0 aromatic heterocycles. The van der Waals surface area contributed by atoms with E-state index in [2.05, 4.69) is 5.16 Å². The van der Waals surface area contributed by atoms with Gasteiger partial charge in [0.2, 0.25) is 0 Å². The fraction of sp³-hybridized carbons (Fsp3) is 0.316. The maximum atomic E-state index is 12.9. The van der Waals surface area contributed by atoms with E-state index in [0.29, 0.717) is 25.0 Å². The van der Waals surface area contributed by atoms with Gasteiger partial charge in [0.05, 0.1) is 5.71 Å². The molecule has 2 aromatic rings. The predicted octanol–water partition coefficient (Wildman–Crippen LogP) is 4.40. The summed E-state index contributed by atoms with van der Waals surface area (Å²) < 4.78 is 18.5. The lowest BCUT2D eigenvalue weighted by molar-refractivity contribution is 0.106. The van der Waals surface area contributed by atoms with Crippen LogP contribution in [0.1, 0.15) is 24.8 Å². The minimum absolute atomic E-state index is 0.196. The van der Waals surface area contributed by atoms with E-state index in [-0.39, 0.29) is 5.82 Å². The van der Waals surface area contributed by atoms with Gasteiger partial charge in [-0.2, -0.15) is 0 Å². The number of rotatable bonds is 7. The zero-order valence-corrected chi connectivity index (χ0v) is 13.1. The normalized spacial score (nSPS) is 20.2. The van der Waals surface area contributed by atoms with Gasteiger partial charge in [0, 0.05) is 5.92 Å². The van der Waals surface area contributed by atoms with Crippen LogP contribution in [-0.4, -0.2) is 18.9 Å². The number of hydrogen-bond donors (Lipinski definition) is 0. The lowest BCUT2D eigenvalue weighted by Gasteiger charge is -2.05. The molecule has 3 nitrogen and oxygen atoms in total. The summed E-state index contributed by atoms with van der Waals surface area (Å²) in [6.07, 6.45) is 1.05. The highest BCUT2D eigenvalue weighted by Gasteiger charge is 2.40. The van der Waals surface area contributed by atoms with E-state index < -0.39 is 0 Å². The van der Waals surface area contributed by atoms with Gasteiger partial charge in [-0.05, 0) is 49.1 Å². The van der Waals surface area contributed by atoms with Crippen LogP contribution >= 0.6 is 0 Å². The molecule has 0 N–H and O–H groups in total. The van der Waals surface area contributed by atoms with Crippen LogP contribution in [0.3, 0.4) is 0 Å². The Labute approximate surface area is 135 Å². The molecule has 23 heavy (non-hydrogen) atoms. The fourth-order valence-electron chi connectivity index (χ4n) is 2.66. The van der Waals surface area contributed by atoms with Gasteiger partial charge in [0.15, 0.2) is 6.61 Å². The Morgan fingerprint density at radius 3 is 2.57 bits per heavy atom. The standard InChI is InChI=1S/C19H20FNO2/c1-14(18-13-19(18)15-7-9-16(20)10-8-15)21-23-12-11-22-17-5-3-2-4-6-17/h2-10,18-19H,11-13H2,1H3/b21-14+. The number of oxime groups is 1. The van der Waals surface area contributed by atoms with E-state index in [1.165, 1.54) is 17.7 Å². The third-order valence-corrected chi connectivity index (χ3v) is 4.02. The molecule has 1 aliphatic rings. The second-order valence-corrected chi connectivity index (χ2v) is 5.73. The van der Waals surface area contributed by atoms with Crippen molar-refractivity contribution in [1.82, 2.24) is 0 Å². The van der Waals surface area contributed by atoms with Crippen LogP contribution in [0.5, 0.6) is 5.75 Å². The maximum Gasteiger partial charge on any atom is 0.151 e. The first-order valence-electron chi connectivity index (χ1n) is 7.84. The van der Waals surface area contributed by atoms with Crippen molar-refractivity contribution < 1.29 is 14.0 Å². The lowest BCUT2D eigenvalue weighted by atomic mass is 10.1. The van der Waals surface area contributed by atoms with Gasteiger partial charge in [0.1, 0.15) is 18.2 Å². The second-order valence-electron chi connectivity index (χ2n) is 5.73. The summed E-state index contributed by atoms with van der Waals surface area (Å²) in [6, 6.07) is 16.3. The summed E-state index contributed by atoms with van der Waals surface area (Å²) in [4.78, 5) is 5.32. The van der Waals surface area contributed by atoms with E-state index in [4.69, 9.17) is 9.57 Å². The van der Waals surface area contributed by atoms with Crippen LogP contribution in [0.15, 0.2) is 59.8 Å². The smallest absolute Gasteiger partial charge is 0.151 e. The zero-order chi connectivity index (χ0) is 16.1. The van der Waals surface area contributed by atoms with Crippen molar-refractivity contribution in [1.29, 1.82) is 0 Å². The van der Waals surface area contributed by atoms with Crippen molar-refractivity contribution in [2.75, 3.05) is 13.2 Å². The monoisotopic (exact) mass is 313 g/mol. The van der Waals surface area contributed by atoms with Crippen LogP contribution < -0.4 is 4.74 Å². The summed E-state index contributed by atoms with van der Waals surface area (Å²) in [5, 5.41) is 4.17. The van der Waals surface area contributed by atoms with Gasteiger partial charge >= 0.3 is 0 Å². The van der Waals surface area contributed by atoms with Gasteiger partial charge < -0.3 is 9.57 Å². The van der Waals surface area contributed by atoms with Gasteiger partial charge in [-0.3, -0.25) is 0 Å². The molecule has 0 amide bonds. The predicted molar refractivity (Wildman–Crippen MR) is 88.2 cm³/mol. The molecule has 0 radical (unpaired) electrons. The van der Waals surface area contributed by atoms with E-state index in [0.717, 1.165) is 17.9 Å². The quantitative estimate of drug-likeness (QED) is 0.431. The fourth-order valence-corrected chi connectivity index (χ4v) is 2.66. The molecule has 1 saturated carbocycles. The van der Waals surface area contributed by atoms with Crippen molar-refractivity contribution in [3.8, 4) is 5.75 Å². The van der Waals surface area contributed by atoms with Crippen molar-refractivity contribution in [2.24, 2.45) is 11.1 Å². The Balaban J connectivity index is 1.40. The van der Waals surface area contributed by atoms with Crippen molar-refractivity contribution >= 4 is 5.71 Å². The van der Waals surface area contributed by atoms with Gasteiger partial charge in [-0.25, -0.2) is 4.39 Å². The number of halogens is 1. The molecular weight excluding hydrogens is 293 g/mol. The molecule has 2 aromatic carbocycles. The number of para-hydroxylation sites is 1. The van der Waals surface area contributed by atoms with Gasteiger partial charge in [-0.15, -0.1) is 0 Å². The zero-order valence-electron chi connectivity index (χ0n) is 13.1.